The number of nitrogens with two attached hydrogens (primary N) is 1. The third-order valence-corrected chi connectivity index (χ3v) is 5.58. The van der Waals surface area contributed by atoms with Gasteiger partial charge in [0, 0.05) is 48.8 Å². The minimum Gasteiger partial charge on any atom is -0.383 e. The molecule has 0 unspecified atom stereocenters. The molecule has 0 aliphatic carbocycles. The van der Waals surface area contributed by atoms with Crippen LogP contribution in [0.15, 0.2) is 47.6 Å². The Labute approximate surface area is 172 Å². The number of carbonyl (C=O) groups excluding carboxylic acids is 1. The summed E-state index contributed by atoms with van der Waals surface area (Å²) in [7, 11) is 0. The van der Waals surface area contributed by atoms with E-state index in [0.717, 1.165) is 22.0 Å². The van der Waals surface area contributed by atoms with Crippen molar-refractivity contribution in [2.24, 2.45) is 0 Å². The highest BCUT2D eigenvalue weighted by Crippen LogP contribution is 2.33. The number of rotatable bonds is 2. The lowest BCUT2D eigenvalue weighted by Gasteiger charge is -2.23. The van der Waals surface area contributed by atoms with E-state index in [-0.39, 0.29) is 5.91 Å². The van der Waals surface area contributed by atoms with Gasteiger partial charge in [-0.2, -0.15) is 9.61 Å². The van der Waals surface area contributed by atoms with Gasteiger partial charge in [-0.15, -0.1) is 12.6 Å². The first-order valence-corrected chi connectivity index (χ1v) is 9.79. The van der Waals surface area contributed by atoms with Crippen LogP contribution in [0.25, 0.3) is 27.7 Å². The van der Waals surface area contributed by atoms with Gasteiger partial charge in [-0.05, 0) is 12.1 Å². The maximum Gasteiger partial charge on any atom is 0.221 e. The van der Waals surface area contributed by atoms with Crippen LogP contribution >= 0.6 is 12.6 Å². The molecule has 29 heavy (non-hydrogen) atoms. The zero-order valence-electron chi connectivity index (χ0n) is 15.5. The molecule has 1 aliphatic rings. The van der Waals surface area contributed by atoms with E-state index in [9.17, 15) is 4.79 Å². The molecule has 1 amide bonds. The Bertz CT molecular complexity index is 1250. The number of carbonyl (C=O) groups is 1. The van der Waals surface area contributed by atoms with Gasteiger partial charge in [0.15, 0.2) is 5.65 Å². The van der Waals surface area contributed by atoms with Crippen LogP contribution in [0, 0.1) is 0 Å². The summed E-state index contributed by atoms with van der Waals surface area (Å²) in [4.78, 5) is 23.7. The Morgan fingerprint density at radius 1 is 1.17 bits per heavy atom. The van der Waals surface area contributed by atoms with Gasteiger partial charge in [0.2, 0.25) is 5.91 Å². The van der Waals surface area contributed by atoms with E-state index in [1.807, 2.05) is 35.4 Å². The van der Waals surface area contributed by atoms with Gasteiger partial charge in [0.25, 0.3) is 0 Å². The van der Waals surface area contributed by atoms with Crippen molar-refractivity contribution < 1.29 is 4.79 Å². The van der Waals surface area contributed by atoms with Gasteiger partial charge in [-0.1, -0.05) is 18.2 Å². The van der Waals surface area contributed by atoms with Crippen molar-refractivity contribution in [1.82, 2.24) is 24.9 Å². The Kier molecular flexibility index (Phi) is 4.24. The van der Waals surface area contributed by atoms with Gasteiger partial charge < -0.3 is 16.0 Å². The van der Waals surface area contributed by atoms with E-state index in [1.165, 1.54) is 0 Å². The first kappa shape index (κ1) is 17.7. The van der Waals surface area contributed by atoms with Crippen molar-refractivity contribution in [3.63, 3.8) is 0 Å². The third kappa shape index (κ3) is 3.03. The topological polar surface area (TPSA) is 101 Å². The molecule has 9 heteroatoms. The number of anilines is 2. The minimum atomic E-state index is 0.0366. The number of nitrogen functional groups attached to an aromatic ring is 1. The van der Waals surface area contributed by atoms with Crippen LogP contribution in [0.4, 0.5) is 11.6 Å². The molecule has 1 saturated heterocycles. The van der Waals surface area contributed by atoms with E-state index in [0.29, 0.717) is 48.2 Å². The summed E-state index contributed by atoms with van der Waals surface area (Å²) in [6.07, 6.45) is 3.97. The van der Waals surface area contributed by atoms with E-state index in [4.69, 9.17) is 10.7 Å². The lowest BCUT2D eigenvalue weighted by atomic mass is 10.1. The van der Waals surface area contributed by atoms with Crippen LogP contribution in [0.3, 0.4) is 0 Å². The molecule has 1 aromatic carbocycles. The molecule has 1 aliphatic heterocycles. The summed E-state index contributed by atoms with van der Waals surface area (Å²) < 4.78 is 1.59. The van der Waals surface area contributed by atoms with Crippen LogP contribution in [-0.4, -0.2) is 45.1 Å². The zero-order chi connectivity index (χ0) is 20.0. The quantitative estimate of drug-likeness (QED) is 0.442. The summed E-state index contributed by atoms with van der Waals surface area (Å²) in [5.41, 5.74) is 9.65. The summed E-state index contributed by atoms with van der Waals surface area (Å²) in [5.74, 6) is 1.11. The van der Waals surface area contributed by atoms with Crippen molar-refractivity contribution in [2.45, 2.75) is 11.3 Å². The van der Waals surface area contributed by atoms with Crippen LogP contribution in [0.5, 0.6) is 0 Å². The van der Waals surface area contributed by atoms with Crippen molar-refractivity contribution in [3.05, 3.63) is 42.7 Å². The smallest absolute Gasteiger partial charge is 0.221 e. The fourth-order valence-corrected chi connectivity index (χ4v) is 3.90. The Balaban J connectivity index is 1.65. The Morgan fingerprint density at radius 3 is 2.93 bits per heavy atom. The Morgan fingerprint density at radius 2 is 2.03 bits per heavy atom. The van der Waals surface area contributed by atoms with Gasteiger partial charge in [0.1, 0.15) is 11.6 Å². The molecule has 8 nitrogen and oxygen atoms in total. The molecule has 4 aromatic rings. The van der Waals surface area contributed by atoms with E-state index in [1.54, 1.807) is 10.7 Å². The zero-order valence-corrected chi connectivity index (χ0v) is 16.4. The van der Waals surface area contributed by atoms with Gasteiger partial charge in [-0.25, -0.2) is 4.98 Å². The predicted octanol–water partition coefficient (Wildman–Crippen LogP) is 2.14. The van der Waals surface area contributed by atoms with E-state index >= 15 is 0 Å². The molecule has 0 radical (unpaired) electrons. The number of nitrogens with zero attached hydrogens (tertiary/aromatic N) is 5. The van der Waals surface area contributed by atoms with Crippen LogP contribution in [-0.2, 0) is 4.79 Å². The fraction of sp³-hybridized carbons (Fsp3) is 0.200. The highest BCUT2D eigenvalue weighted by molar-refractivity contribution is 7.80. The number of fused-ring (bicyclic) bond motifs is 2. The molecule has 0 atom stereocenters. The van der Waals surface area contributed by atoms with E-state index in [2.05, 4.69) is 34.1 Å². The normalized spacial score (nSPS) is 14.9. The first-order chi connectivity index (χ1) is 14.1. The van der Waals surface area contributed by atoms with Crippen molar-refractivity contribution in [3.8, 4) is 11.1 Å². The first-order valence-electron chi connectivity index (χ1n) is 9.35. The number of amides is 1. The van der Waals surface area contributed by atoms with Crippen LogP contribution in [0.2, 0.25) is 0 Å². The largest absolute Gasteiger partial charge is 0.383 e. The molecule has 0 spiro atoms. The number of nitrogens with one attached hydrogen (secondary N) is 1. The highest BCUT2D eigenvalue weighted by atomic mass is 32.1. The third-order valence-electron chi connectivity index (χ3n) is 5.15. The second kappa shape index (κ2) is 6.93. The number of hydrogen-bond donors (Lipinski definition) is 3. The molecule has 5 rings (SSSR count). The SMILES string of the molecule is Nc1c(S)c(N2CCNC(=O)CC2)nc2c(-c3cnc4ccccc4c3)cnn12. The molecule has 0 saturated carbocycles. The van der Waals surface area contributed by atoms with Crippen molar-refractivity contribution in [2.75, 3.05) is 30.3 Å². The molecule has 3 N–H and O–H groups in total. The summed E-state index contributed by atoms with van der Waals surface area (Å²) in [6.45, 7) is 1.76. The van der Waals surface area contributed by atoms with Crippen LogP contribution < -0.4 is 16.0 Å². The van der Waals surface area contributed by atoms with E-state index < -0.39 is 0 Å². The number of aromatic nitrogens is 4. The molecular weight excluding hydrogens is 386 g/mol. The second-order valence-electron chi connectivity index (χ2n) is 6.97. The number of benzene rings is 1. The fourth-order valence-electron chi connectivity index (χ4n) is 3.62. The lowest BCUT2D eigenvalue weighted by Crippen LogP contribution is -2.29. The van der Waals surface area contributed by atoms with Gasteiger partial charge in [-0.3, -0.25) is 9.78 Å². The molecule has 146 valence electrons. The average Bonchev–Trinajstić information content (AvgIpc) is 3.05. The standard InChI is InChI=1S/C20H19N7OS/c21-18-17(29)20(26-7-5-16(28)22-6-8-26)25-19-14(11-24-27(18)19)13-9-12-3-1-2-4-15(12)23-10-13/h1-4,9-11,29H,5-8,21H2,(H,22,28). The highest BCUT2D eigenvalue weighted by Gasteiger charge is 2.22. The van der Waals surface area contributed by atoms with Crippen LogP contribution in [0.1, 0.15) is 6.42 Å². The van der Waals surface area contributed by atoms with Crippen molar-refractivity contribution in [1.29, 1.82) is 0 Å². The number of thiol groups is 1. The number of pyridine rings is 1. The summed E-state index contributed by atoms with van der Waals surface area (Å²) in [6, 6.07) is 10.0. The Hall–Kier alpha value is -3.33. The maximum absolute atomic E-state index is 11.7. The van der Waals surface area contributed by atoms with Gasteiger partial charge >= 0.3 is 0 Å². The van der Waals surface area contributed by atoms with Gasteiger partial charge in [0.05, 0.1) is 16.6 Å². The monoisotopic (exact) mass is 405 g/mol. The molecule has 4 heterocycles. The lowest BCUT2D eigenvalue weighted by molar-refractivity contribution is -0.120. The molecular formula is C20H19N7OS. The van der Waals surface area contributed by atoms with Crippen molar-refractivity contribution >= 4 is 46.7 Å². The molecule has 0 bridgehead atoms. The predicted molar refractivity (Wildman–Crippen MR) is 115 cm³/mol. The second-order valence-corrected chi connectivity index (χ2v) is 7.41. The maximum atomic E-state index is 11.7. The number of para-hydroxylation sites is 1. The number of hydrogen-bond acceptors (Lipinski definition) is 7. The summed E-state index contributed by atoms with van der Waals surface area (Å²) >= 11 is 4.59. The minimum absolute atomic E-state index is 0.0366. The summed E-state index contributed by atoms with van der Waals surface area (Å²) in [5, 5.41) is 8.34. The average molecular weight is 405 g/mol. The molecule has 1 fully saturated rings. The molecule has 3 aromatic heterocycles.